The second-order valence-corrected chi connectivity index (χ2v) is 4.49. The van der Waals surface area contributed by atoms with Gasteiger partial charge in [-0.15, -0.1) is 11.3 Å². The minimum Gasteiger partial charge on any atom is -0.485 e. The van der Waals surface area contributed by atoms with Crippen molar-refractivity contribution in [1.82, 2.24) is 0 Å². The van der Waals surface area contributed by atoms with E-state index in [0.29, 0.717) is 13.2 Å². The molecule has 0 bridgehead atoms. The van der Waals surface area contributed by atoms with Crippen molar-refractivity contribution < 1.29 is 9.47 Å². The van der Waals surface area contributed by atoms with Crippen molar-refractivity contribution in [1.29, 1.82) is 0 Å². The van der Waals surface area contributed by atoms with Gasteiger partial charge in [-0.1, -0.05) is 0 Å². The molecule has 0 amide bonds. The summed E-state index contributed by atoms with van der Waals surface area (Å²) in [6.07, 6.45) is 2.15. The molecule has 0 spiro atoms. The Morgan fingerprint density at radius 3 is 2.85 bits per heavy atom. The molecule has 0 atom stereocenters. The largest absolute Gasteiger partial charge is 0.485 e. The highest BCUT2D eigenvalue weighted by Crippen LogP contribution is 2.53. The van der Waals surface area contributed by atoms with Crippen LogP contribution in [0, 0.1) is 0 Å². The Morgan fingerprint density at radius 1 is 1.31 bits per heavy atom. The maximum absolute atomic E-state index is 6.11. The Hall–Kier alpha value is -0.740. The summed E-state index contributed by atoms with van der Waals surface area (Å²) in [4.78, 5) is 1.17. The molecule has 13 heavy (non-hydrogen) atoms. The van der Waals surface area contributed by atoms with E-state index in [0.717, 1.165) is 24.3 Å². The number of hydrogen-bond acceptors (Lipinski definition) is 4. The van der Waals surface area contributed by atoms with Crippen molar-refractivity contribution in [3.8, 4) is 11.5 Å². The lowest BCUT2D eigenvalue weighted by atomic mass is 10.2. The highest BCUT2D eigenvalue weighted by atomic mass is 32.1. The predicted octanol–water partition coefficient (Wildman–Crippen LogP) is 1.47. The zero-order chi connectivity index (χ0) is 8.89. The molecule has 2 aliphatic rings. The first-order valence-corrected chi connectivity index (χ1v) is 5.34. The van der Waals surface area contributed by atoms with Gasteiger partial charge in [-0.2, -0.15) is 0 Å². The van der Waals surface area contributed by atoms with E-state index in [2.05, 4.69) is 0 Å². The summed E-state index contributed by atoms with van der Waals surface area (Å²) in [5, 5.41) is 2.00. The van der Waals surface area contributed by atoms with Crippen molar-refractivity contribution in [3.63, 3.8) is 0 Å². The second-order valence-electron chi connectivity index (χ2n) is 3.61. The first-order chi connectivity index (χ1) is 6.30. The average Bonchev–Trinajstić information content (AvgIpc) is 2.76. The first kappa shape index (κ1) is 7.64. The maximum atomic E-state index is 6.11. The molecule has 0 saturated heterocycles. The molecule has 1 aliphatic carbocycles. The molecular formula is C9H11NO2S. The molecule has 1 aliphatic heterocycles. The van der Waals surface area contributed by atoms with Crippen molar-refractivity contribution in [3.05, 3.63) is 10.3 Å². The SMILES string of the molecule is NC1(c2scc3c2OCCO3)CC1. The van der Waals surface area contributed by atoms with Gasteiger partial charge in [0.15, 0.2) is 11.5 Å². The van der Waals surface area contributed by atoms with Gasteiger partial charge >= 0.3 is 0 Å². The topological polar surface area (TPSA) is 44.5 Å². The fourth-order valence-corrected chi connectivity index (χ4v) is 2.67. The molecule has 3 rings (SSSR count). The Balaban J connectivity index is 2.06. The molecule has 0 aromatic carbocycles. The number of nitrogens with two attached hydrogens (primary N) is 1. The third-order valence-electron chi connectivity index (χ3n) is 2.54. The van der Waals surface area contributed by atoms with Gasteiger partial charge in [0.2, 0.25) is 0 Å². The molecule has 0 radical (unpaired) electrons. The molecule has 1 aromatic rings. The van der Waals surface area contributed by atoms with Gasteiger partial charge in [-0.25, -0.2) is 0 Å². The molecule has 4 heteroatoms. The van der Waals surface area contributed by atoms with Crippen LogP contribution in [0.4, 0.5) is 0 Å². The molecule has 2 N–H and O–H groups in total. The van der Waals surface area contributed by atoms with Crippen molar-refractivity contribution >= 4 is 11.3 Å². The van der Waals surface area contributed by atoms with Gasteiger partial charge in [0, 0.05) is 5.38 Å². The fourth-order valence-electron chi connectivity index (χ4n) is 1.57. The van der Waals surface area contributed by atoms with Crippen LogP contribution in [-0.4, -0.2) is 13.2 Å². The zero-order valence-electron chi connectivity index (χ0n) is 7.21. The summed E-state index contributed by atoms with van der Waals surface area (Å²) in [6, 6.07) is 0. The fraction of sp³-hybridized carbons (Fsp3) is 0.556. The lowest BCUT2D eigenvalue weighted by Crippen LogP contribution is -2.21. The van der Waals surface area contributed by atoms with E-state index in [4.69, 9.17) is 15.2 Å². The summed E-state index contributed by atoms with van der Waals surface area (Å²) in [6.45, 7) is 1.30. The van der Waals surface area contributed by atoms with E-state index >= 15 is 0 Å². The van der Waals surface area contributed by atoms with Crippen molar-refractivity contribution in [2.24, 2.45) is 5.73 Å². The summed E-state index contributed by atoms with van der Waals surface area (Å²) < 4.78 is 11.0. The van der Waals surface area contributed by atoms with Gasteiger partial charge in [0.25, 0.3) is 0 Å². The smallest absolute Gasteiger partial charge is 0.177 e. The number of rotatable bonds is 1. The van der Waals surface area contributed by atoms with Crippen LogP contribution in [0.25, 0.3) is 0 Å². The molecule has 0 unspecified atom stereocenters. The third kappa shape index (κ3) is 1.05. The number of hydrogen-bond donors (Lipinski definition) is 1. The van der Waals surface area contributed by atoms with Crippen molar-refractivity contribution in [2.75, 3.05) is 13.2 Å². The third-order valence-corrected chi connectivity index (χ3v) is 3.70. The van der Waals surface area contributed by atoms with Crippen LogP contribution in [0.5, 0.6) is 11.5 Å². The van der Waals surface area contributed by atoms with Crippen molar-refractivity contribution in [2.45, 2.75) is 18.4 Å². The highest BCUT2D eigenvalue weighted by molar-refractivity contribution is 7.10. The van der Waals surface area contributed by atoms with Crippen LogP contribution < -0.4 is 15.2 Å². The lowest BCUT2D eigenvalue weighted by molar-refractivity contribution is 0.171. The van der Waals surface area contributed by atoms with Crippen LogP contribution >= 0.6 is 11.3 Å². The number of ether oxygens (including phenoxy) is 2. The Kier molecular flexibility index (Phi) is 1.41. The number of thiophene rings is 1. The molecule has 2 heterocycles. The monoisotopic (exact) mass is 197 g/mol. The Morgan fingerprint density at radius 2 is 2.08 bits per heavy atom. The van der Waals surface area contributed by atoms with Gasteiger partial charge in [-0.3, -0.25) is 0 Å². The van der Waals surface area contributed by atoms with E-state index in [9.17, 15) is 0 Å². The summed E-state index contributed by atoms with van der Waals surface area (Å²) >= 11 is 1.66. The predicted molar refractivity (Wildman–Crippen MR) is 50.4 cm³/mol. The number of fused-ring (bicyclic) bond motifs is 1. The summed E-state index contributed by atoms with van der Waals surface area (Å²) in [7, 11) is 0. The molecule has 1 saturated carbocycles. The molecule has 3 nitrogen and oxygen atoms in total. The standard InChI is InChI=1S/C9H11NO2S/c10-9(1-2-9)8-7-6(5-13-8)11-3-4-12-7/h5H,1-4,10H2. The van der Waals surface area contributed by atoms with Gasteiger partial charge in [-0.05, 0) is 12.8 Å². The van der Waals surface area contributed by atoms with E-state index in [1.165, 1.54) is 4.88 Å². The van der Waals surface area contributed by atoms with Gasteiger partial charge < -0.3 is 15.2 Å². The van der Waals surface area contributed by atoms with Crippen LogP contribution in [0.1, 0.15) is 17.7 Å². The van der Waals surface area contributed by atoms with E-state index in [-0.39, 0.29) is 5.54 Å². The first-order valence-electron chi connectivity index (χ1n) is 4.46. The minimum atomic E-state index is -0.0983. The van der Waals surface area contributed by atoms with E-state index in [1.54, 1.807) is 11.3 Å². The van der Waals surface area contributed by atoms with E-state index in [1.807, 2.05) is 5.38 Å². The van der Waals surface area contributed by atoms with Crippen LogP contribution in [-0.2, 0) is 5.54 Å². The summed E-state index contributed by atoms with van der Waals surface area (Å²) in [5.74, 6) is 1.78. The second kappa shape index (κ2) is 2.39. The van der Waals surface area contributed by atoms with Gasteiger partial charge in [0.05, 0.1) is 10.4 Å². The lowest BCUT2D eigenvalue weighted by Gasteiger charge is -2.17. The Labute approximate surface area is 80.5 Å². The van der Waals surface area contributed by atoms with E-state index < -0.39 is 0 Å². The van der Waals surface area contributed by atoms with Crippen LogP contribution in [0.3, 0.4) is 0 Å². The quantitative estimate of drug-likeness (QED) is 0.741. The van der Waals surface area contributed by atoms with Crippen LogP contribution in [0.15, 0.2) is 5.38 Å². The normalized spacial score (nSPS) is 22.8. The maximum Gasteiger partial charge on any atom is 0.177 e. The minimum absolute atomic E-state index is 0.0983. The zero-order valence-corrected chi connectivity index (χ0v) is 8.02. The highest BCUT2D eigenvalue weighted by Gasteiger charge is 2.44. The average molecular weight is 197 g/mol. The summed E-state index contributed by atoms with van der Waals surface area (Å²) in [5.41, 5.74) is 6.01. The molecule has 1 aromatic heterocycles. The Bertz CT molecular complexity index is 343. The van der Waals surface area contributed by atoms with Gasteiger partial charge in [0.1, 0.15) is 13.2 Å². The molecular weight excluding hydrogens is 186 g/mol. The van der Waals surface area contributed by atoms with Crippen LogP contribution in [0.2, 0.25) is 0 Å². The molecule has 70 valence electrons. The molecule has 1 fully saturated rings.